The number of β-lactam (4-membered cyclic amide) rings is 1. The molecule has 0 unspecified atom stereocenters. The number of H-pyrrole nitrogens is 1. The van der Waals surface area contributed by atoms with Crippen molar-refractivity contribution in [2.75, 3.05) is 19.6 Å². The van der Waals surface area contributed by atoms with Crippen LogP contribution in [0.2, 0.25) is 0 Å². The molecule has 8 N–H and O–H groups in total. The van der Waals surface area contributed by atoms with E-state index < -0.39 is 57.3 Å². The standard InChI is InChI=1S/C14H17N9O9S/c15-6-5-22(11(6)27)13(29)19-33(31,32)20-17-12(28)21-1-2-23(14(21)30)18-10(26)7-3-8(24)9(25)4-16-7/h3-4,6,20,25H,1-2,5,15H2,(H,16,24)(H,17,28)(H,18,26)(H,19,29)/t6-/m0/s1. The molecule has 0 aliphatic carbocycles. The summed E-state index contributed by atoms with van der Waals surface area (Å²) >= 11 is 0. The first-order valence-corrected chi connectivity index (χ1v) is 10.4. The average Bonchev–Trinajstić information content (AvgIpc) is 3.11. The Morgan fingerprint density at radius 3 is 2.42 bits per heavy atom. The van der Waals surface area contributed by atoms with E-state index >= 15 is 0 Å². The Balaban J connectivity index is 1.51. The predicted molar refractivity (Wildman–Crippen MR) is 104 cm³/mol. The van der Waals surface area contributed by atoms with Crippen LogP contribution >= 0.6 is 0 Å². The number of nitrogens with zero attached hydrogens (tertiary/aromatic N) is 3. The largest absolute Gasteiger partial charge is 0.503 e. The van der Waals surface area contributed by atoms with Gasteiger partial charge in [-0.05, 0) is 0 Å². The molecule has 2 aliphatic heterocycles. The van der Waals surface area contributed by atoms with Crippen molar-refractivity contribution >= 4 is 40.1 Å². The van der Waals surface area contributed by atoms with Crippen LogP contribution in [0.3, 0.4) is 0 Å². The van der Waals surface area contributed by atoms with Gasteiger partial charge in [0.05, 0.1) is 19.6 Å². The molecule has 0 bridgehead atoms. The number of urea groups is 3. The van der Waals surface area contributed by atoms with Gasteiger partial charge in [-0.25, -0.2) is 29.0 Å². The highest BCUT2D eigenvalue weighted by Gasteiger charge is 2.40. The highest BCUT2D eigenvalue weighted by molar-refractivity contribution is 7.88. The van der Waals surface area contributed by atoms with E-state index in [1.165, 1.54) is 9.55 Å². The summed E-state index contributed by atoms with van der Waals surface area (Å²) < 4.78 is 25.2. The second kappa shape index (κ2) is 8.72. The van der Waals surface area contributed by atoms with Gasteiger partial charge in [0.15, 0.2) is 5.75 Å². The Kier molecular flexibility index (Phi) is 6.19. The van der Waals surface area contributed by atoms with E-state index in [0.29, 0.717) is 9.80 Å². The van der Waals surface area contributed by atoms with Crippen molar-refractivity contribution in [2.45, 2.75) is 6.04 Å². The van der Waals surface area contributed by atoms with Gasteiger partial charge in [-0.15, -0.1) is 4.83 Å². The van der Waals surface area contributed by atoms with Crippen molar-refractivity contribution in [3.05, 3.63) is 28.2 Å². The topological polar surface area (TPSA) is 256 Å². The quantitative estimate of drug-likeness (QED) is 0.156. The summed E-state index contributed by atoms with van der Waals surface area (Å²) in [5.74, 6) is -2.33. The fourth-order valence-electron chi connectivity index (χ4n) is 2.62. The number of rotatable bonds is 5. The van der Waals surface area contributed by atoms with Gasteiger partial charge < -0.3 is 15.8 Å². The van der Waals surface area contributed by atoms with Gasteiger partial charge in [-0.2, -0.15) is 8.42 Å². The lowest BCUT2D eigenvalue weighted by molar-refractivity contribution is -0.137. The maximum Gasteiger partial charge on any atom is 0.347 e. The number of amides is 8. The minimum atomic E-state index is -4.65. The van der Waals surface area contributed by atoms with Crippen molar-refractivity contribution in [1.29, 1.82) is 0 Å². The molecule has 18 nitrogen and oxygen atoms in total. The van der Waals surface area contributed by atoms with Crippen molar-refractivity contribution in [3.63, 3.8) is 0 Å². The van der Waals surface area contributed by atoms with Crippen LogP contribution in [0.5, 0.6) is 5.75 Å². The third kappa shape index (κ3) is 4.99. The SMILES string of the molecule is N[C@H]1CN(C(=O)NS(=O)(=O)NNC(=O)N2CCN(NC(=O)c3cc(=O)c(O)c[nH]3)C2=O)C1=O. The van der Waals surface area contributed by atoms with Crippen molar-refractivity contribution in [2.24, 2.45) is 5.73 Å². The molecule has 0 spiro atoms. The Bertz CT molecular complexity index is 1200. The molecule has 2 fully saturated rings. The number of carbonyl (C=O) groups is 5. The molecule has 1 aromatic heterocycles. The Morgan fingerprint density at radius 2 is 1.82 bits per heavy atom. The third-order valence-electron chi connectivity index (χ3n) is 4.35. The maximum absolute atomic E-state index is 12.3. The second-order valence-electron chi connectivity index (χ2n) is 6.62. The molecule has 2 aliphatic rings. The fourth-order valence-corrected chi connectivity index (χ4v) is 3.23. The third-order valence-corrected chi connectivity index (χ3v) is 5.16. The van der Waals surface area contributed by atoms with E-state index in [4.69, 9.17) is 5.73 Å². The first-order valence-electron chi connectivity index (χ1n) is 8.92. The minimum absolute atomic E-state index is 0.179. The van der Waals surface area contributed by atoms with E-state index in [-0.39, 0.29) is 25.3 Å². The molecule has 19 heteroatoms. The van der Waals surface area contributed by atoms with Gasteiger partial charge in [0, 0.05) is 12.3 Å². The Morgan fingerprint density at radius 1 is 1.12 bits per heavy atom. The molecule has 1 aromatic rings. The number of likely N-dealkylation sites (tertiary alicyclic amines) is 1. The number of aromatic amines is 1. The molecule has 0 aromatic carbocycles. The number of nitrogens with two attached hydrogens (primary N) is 1. The van der Waals surface area contributed by atoms with E-state index in [1.807, 2.05) is 0 Å². The number of aromatic nitrogens is 1. The zero-order chi connectivity index (χ0) is 24.5. The Labute approximate surface area is 183 Å². The smallest absolute Gasteiger partial charge is 0.347 e. The summed E-state index contributed by atoms with van der Waals surface area (Å²) in [5, 5.41) is 9.91. The monoisotopic (exact) mass is 487 g/mol. The molecular formula is C14H17N9O9S. The van der Waals surface area contributed by atoms with Crippen LogP contribution in [0.1, 0.15) is 10.5 Å². The number of nitrogens with one attached hydrogen (secondary N) is 5. The molecule has 3 rings (SSSR count). The van der Waals surface area contributed by atoms with E-state index in [9.17, 15) is 42.3 Å². The normalized spacial score (nSPS) is 18.1. The predicted octanol–water partition coefficient (Wildman–Crippen LogP) is -4.20. The van der Waals surface area contributed by atoms with Crippen molar-refractivity contribution in [3.8, 4) is 5.75 Å². The van der Waals surface area contributed by atoms with Crippen LogP contribution in [0, 0.1) is 0 Å². The summed E-state index contributed by atoms with van der Waals surface area (Å²) in [4.78, 5) is 75.9. The molecule has 178 valence electrons. The zero-order valence-corrected chi connectivity index (χ0v) is 17.2. The van der Waals surface area contributed by atoms with Gasteiger partial charge in [-0.1, -0.05) is 0 Å². The zero-order valence-electron chi connectivity index (χ0n) is 16.4. The number of hydrazine groups is 2. The van der Waals surface area contributed by atoms with Gasteiger partial charge in [0.1, 0.15) is 11.7 Å². The van der Waals surface area contributed by atoms with Crippen molar-refractivity contribution in [1.82, 2.24) is 40.2 Å². The van der Waals surface area contributed by atoms with Crippen LogP contribution in [0.15, 0.2) is 17.1 Å². The molecule has 33 heavy (non-hydrogen) atoms. The lowest BCUT2D eigenvalue weighted by Crippen LogP contribution is -2.66. The highest BCUT2D eigenvalue weighted by Crippen LogP contribution is 2.09. The van der Waals surface area contributed by atoms with E-state index in [0.717, 1.165) is 17.3 Å². The summed E-state index contributed by atoms with van der Waals surface area (Å²) in [6, 6.07) is -3.69. The lowest BCUT2D eigenvalue weighted by Gasteiger charge is -2.33. The fraction of sp³-hybridized carbons (Fsp3) is 0.286. The van der Waals surface area contributed by atoms with Gasteiger partial charge >= 0.3 is 28.3 Å². The molecular weight excluding hydrogens is 470 g/mol. The molecule has 2 saturated heterocycles. The first-order chi connectivity index (χ1) is 15.4. The Hall–Kier alpha value is -4.23. The number of imide groups is 2. The molecule has 0 saturated carbocycles. The molecule has 0 radical (unpaired) electrons. The molecule has 1 atom stereocenters. The number of hydrogen-bond acceptors (Lipinski definition) is 10. The maximum atomic E-state index is 12.3. The van der Waals surface area contributed by atoms with Crippen LogP contribution in [-0.2, 0) is 15.0 Å². The van der Waals surface area contributed by atoms with Gasteiger partial charge in [0.25, 0.3) is 5.91 Å². The summed E-state index contributed by atoms with van der Waals surface area (Å²) in [5.41, 5.74) is 8.00. The van der Waals surface area contributed by atoms with E-state index in [1.54, 1.807) is 5.43 Å². The lowest BCUT2D eigenvalue weighted by atomic mass is 10.1. The molecule has 8 amide bonds. The molecule has 3 heterocycles. The highest BCUT2D eigenvalue weighted by atomic mass is 32.2. The van der Waals surface area contributed by atoms with Crippen LogP contribution in [-0.4, -0.2) is 88.9 Å². The van der Waals surface area contributed by atoms with Gasteiger partial charge in [-0.3, -0.25) is 30.1 Å². The van der Waals surface area contributed by atoms with Crippen LogP contribution < -0.4 is 31.6 Å². The average molecular weight is 487 g/mol. The summed E-state index contributed by atoms with van der Waals surface area (Å²) in [7, 11) is -4.65. The van der Waals surface area contributed by atoms with Crippen LogP contribution in [0.4, 0.5) is 14.4 Å². The first kappa shape index (κ1) is 23.4. The second-order valence-corrected chi connectivity index (χ2v) is 8.04. The van der Waals surface area contributed by atoms with Crippen LogP contribution in [0.25, 0.3) is 0 Å². The van der Waals surface area contributed by atoms with Gasteiger partial charge in [0.2, 0.25) is 11.3 Å². The van der Waals surface area contributed by atoms with E-state index in [2.05, 4.69) is 10.4 Å². The number of carbonyl (C=O) groups excluding carboxylic acids is 5. The summed E-state index contributed by atoms with van der Waals surface area (Å²) in [6.07, 6.45) is 0.875. The number of aromatic hydroxyl groups is 1. The van der Waals surface area contributed by atoms with Crippen molar-refractivity contribution < 1.29 is 37.5 Å². The minimum Gasteiger partial charge on any atom is -0.503 e. The number of pyridine rings is 1. The summed E-state index contributed by atoms with van der Waals surface area (Å²) in [6.45, 7) is -0.624. The number of hydrogen-bond donors (Lipinski definition) is 7.